The van der Waals surface area contributed by atoms with E-state index in [1.54, 1.807) is 0 Å². The number of halogens is 1. The Hall–Kier alpha value is -2.12. The van der Waals surface area contributed by atoms with E-state index < -0.39 is 15.8 Å². The fourth-order valence-corrected chi connectivity index (χ4v) is 4.40. The summed E-state index contributed by atoms with van der Waals surface area (Å²) in [5.41, 5.74) is 1.08. The van der Waals surface area contributed by atoms with Gasteiger partial charge in [-0.15, -0.1) is 0 Å². The molecule has 0 aliphatic carbocycles. The molecule has 0 aromatic heterocycles. The van der Waals surface area contributed by atoms with Crippen molar-refractivity contribution < 1.29 is 17.5 Å². The summed E-state index contributed by atoms with van der Waals surface area (Å²) in [5.74, 6) is -0.492. The quantitative estimate of drug-likeness (QED) is 0.856. The van der Waals surface area contributed by atoms with E-state index in [4.69, 9.17) is 4.74 Å². The molecule has 1 heterocycles. The molecule has 0 spiro atoms. The van der Waals surface area contributed by atoms with Gasteiger partial charge in [0, 0.05) is 24.8 Å². The number of para-hydroxylation sites is 1. The normalized spacial score (nSPS) is 17.7. The summed E-state index contributed by atoms with van der Waals surface area (Å²) in [6.07, 6.45) is 1.91. The van der Waals surface area contributed by atoms with Gasteiger partial charge in [-0.2, -0.15) is 0 Å². The van der Waals surface area contributed by atoms with E-state index >= 15 is 0 Å². The fraction of sp³-hybridized carbons (Fsp3) is 0.333. The maximum Gasteiger partial charge on any atom is 0.244 e. The van der Waals surface area contributed by atoms with Crippen molar-refractivity contribution in [1.82, 2.24) is 4.72 Å². The largest absolute Gasteiger partial charge is 0.495 e. The number of sulfonamides is 1. The third-order valence-electron chi connectivity index (χ3n) is 4.39. The molecule has 134 valence electrons. The molecule has 0 bridgehead atoms. The second-order valence-electron chi connectivity index (χ2n) is 5.97. The van der Waals surface area contributed by atoms with Crippen LogP contribution in [0.3, 0.4) is 0 Å². The highest BCUT2D eigenvalue weighted by Crippen LogP contribution is 2.27. The van der Waals surface area contributed by atoms with Crippen LogP contribution in [0.15, 0.2) is 53.4 Å². The maximum atomic E-state index is 13.5. The van der Waals surface area contributed by atoms with Gasteiger partial charge in [0.15, 0.2) is 0 Å². The minimum atomic E-state index is -3.86. The molecule has 1 atom stereocenters. The predicted octanol–water partition coefficient (Wildman–Crippen LogP) is 2.78. The highest BCUT2D eigenvalue weighted by molar-refractivity contribution is 7.89. The van der Waals surface area contributed by atoms with Crippen LogP contribution in [0.2, 0.25) is 0 Å². The van der Waals surface area contributed by atoms with Crippen molar-refractivity contribution in [3.63, 3.8) is 0 Å². The SMILES string of the molecule is COc1ccc(F)cc1S(=O)(=O)NC[C@H]1CCCN1c1ccccc1. The smallest absolute Gasteiger partial charge is 0.244 e. The number of anilines is 1. The van der Waals surface area contributed by atoms with Crippen LogP contribution in [0.25, 0.3) is 0 Å². The van der Waals surface area contributed by atoms with Crippen molar-refractivity contribution in [2.45, 2.75) is 23.8 Å². The molecule has 1 fully saturated rings. The second kappa shape index (κ2) is 7.41. The number of nitrogens with one attached hydrogen (secondary N) is 1. The number of nitrogens with zero attached hydrogens (tertiary/aromatic N) is 1. The van der Waals surface area contributed by atoms with Crippen molar-refractivity contribution in [3.8, 4) is 5.75 Å². The number of hydrogen-bond donors (Lipinski definition) is 1. The van der Waals surface area contributed by atoms with Gasteiger partial charge >= 0.3 is 0 Å². The minimum absolute atomic E-state index is 0.0664. The van der Waals surface area contributed by atoms with Gasteiger partial charge in [0.1, 0.15) is 16.5 Å². The second-order valence-corrected chi connectivity index (χ2v) is 7.71. The molecule has 3 rings (SSSR count). The molecule has 5 nitrogen and oxygen atoms in total. The summed E-state index contributed by atoms with van der Waals surface area (Å²) >= 11 is 0. The molecular formula is C18H21FN2O3S. The zero-order chi connectivity index (χ0) is 17.9. The van der Waals surface area contributed by atoms with Crippen LogP contribution in [0.1, 0.15) is 12.8 Å². The van der Waals surface area contributed by atoms with Crippen molar-refractivity contribution in [1.29, 1.82) is 0 Å². The van der Waals surface area contributed by atoms with Crippen molar-refractivity contribution in [2.24, 2.45) is 0 Å². The van der Waals surface area contributed by atoms with E-state index in [-0.39, 0.29) is 23.2 Å². The average molecular weight is 364 g/mol. The number of rotatable bonds is 6. The van der Waals surface area contributed by atoms with Crippen LogP contribution < -0.4 is 14.4 Å². The Labute approximate surface area is 147 Å². The lowest BCUT2D eigenvalue weighted by molar-refractivity contribution is 0.400. The first-order valence-electron chi connectivity index (χ1n) is 8.16. The summed E-state index contributed by atoms with van der Waals surface area (Å²) in [4.78, 5) is 2.02. The van der Waals surface area contributed by atoms with E-state index in [1.807, 2.05) is 30.3 Å². The molecule has 0 radical (unpaired) electrons. The topological polar surface area (TPSA) is 58.6 Å². The van der Waals surface area contributed by atoms with Gasteiger partial charge in [0.25, 0.3) is 0 Å². The Kier molecular flexibility index (Phi) is 5.24. The van der Waals surface area contributed by atoms with E-state index in [1.165, 1.54) is 19.2 Å². The van der Waals surface area contributed by atoms with Crippen LogP contribution in [0.4, 0.5) is 10.1 Å². The standard InChI is InChI=1S/C18H21FN2O3S/c1-24-17-10-9-14(19)12-18(17)25(22,23)20-13-16-8-5-11-21(16)15-6-3-2-4-7-15/h2-4,6-7,9-10,12,16,20H,5,8,11,13H2,1H3/t16-/m1/s1. The maximum absolute atomic E-state index is 13.5. The van der Waals surface area contributed by atoms with Crippen molar-refractivity contribution in [2.75, 3.05) is 25.1 Å². The Morgan fingerprint density at radius 3 is 2.72 bits per heavy atom. The summed E-state index contributed by atoms with van der Waals surface area (Å²) < 4.78 is 46.3. The first-order chi connectivity index (χ1) is 12.0. The number of methoxy groups -OCH3 is 1. The monoisotopic (exact) mass is 364 g/mol. The molecule has 25 heavy (non-hydrogen) atoms. The average Bonchev–Trinajstić information content (AvgIpc) is 3.09. The molecular weight excluding hydrogens is 343 g/mol. The molecule has 0 amide bonds. The van der Waals surface area contributed by atoms with Gasteiger partial charge in [-0.25, -0.2) is 17.5 Å². The third-order valence-corrected chi connectivity index (χ3v) is 5.83. The summed E-state index contributed by atoms with van der Waals surface area (Å²) in [6.45, 7) is 1.15. The number of ether oxygens (including phenoxy) is 1. The van der Waals surface area contributed by atoms with Gasteiger partial charge in [-0.05, 0) is 43.2 Å². The van der Waals surface area contributed by atoms with Gasteiger partial charge < -0.3 is 9.64 Å². The molecule has 2 aromatic carbocycles. The van der Waals surface area contributed by atoms with E-state index in [9.17, 15) is 12.8 Å². The molecule has 7 heteroatoms. The van der Waals surface area contributed by atoms with E-state index in [0.29, 0.717) is 0 Å². The molecule has 0 unspecified atom stereocenters. The van der Waals surface area contributed by atoms with Crippen LogP contribution >= 0.6 is 0 Å². The summed E-state index contributed by atoms with van der Waals surface area (Å²) in [6, 6.07) is 13.4. The number of benzene rings is 2. The summed E-state index contributed by atoms with van der Waals surface area (Å²) in [7, 11) is -2.50. The first-order valence-corrected chi connectivity index (χ1v) is 9.64. The molecule has 0 saturated carbocycles. The Morgan fingerprint density at radius 2 is 2.00 bits per heavy atom. The predicted molar refractivity (Wildman–Crippen MR) is 95.0 cm³/mol. The lowest BCUT2D eigenvalue weighted by Crippen LogP contribution is -2.40. The van der Waals surface area contributed by atoms with Gasteiger partial charge in [-0.3, -0.25) is 0 Å². The van der Waals surface area contributed by atoms with Gasteiger partial charge in [-0.1, -0.05) is 18.2 Å². The van der Waals surface area contributed by atoms with Crippen LogP contribution in [0, 0.1) is 5.82 Å². The lowest BCUT2D eigenvalue weighted by atomic mass is 10.2. The Morgan fingerprint density at radius 1 is 1.24 bits per heavy atom. The van der Waals surface area contributed by atoms with Crippen molar-refractivity contribution in [3.05, 3.63) is 54.3 Å². The molecule has 1 saturated heterocycles. The zero-order valence-corrected chi connectivity index (χ0v) is 14.8. The van der Waals surface area contributed by atoms with Gasteiger partial charge in [0.05, 0.1) is 7.11 Å². The van der Waals surface area contributed by atoms with Crippen molar-refractivity contribution >= 4 is 15.7 Å². The zero-order valence-electron chi connectivity index (χ0n) is 14.0. The molecule has 1 N–H and O–H groups in total. The molecule has 1 aliphatic heterocycles. The third kappa shape index (κ3) is 3.93. The van der Waals surface area contributed by atoms with Crippen LogP contribution in [-0.4, -0.2) is 34.7 Å². The summed E-state index contributed by atoms with van der Waals surface area (Å²) in [5, 5.41) is 0. The first kappa shape index (κ1) is 17.7. The van der Waals surface area contributed by atoms with Gasteiger partial charge in [0.2, 0.25) is 10.0 Å². The molecule has 1 aliphatic rings. The minimum Gasteiger partial charge on any atom is -0.495 e. The van der Waals surface area contributed by atoms with E-state index in [2.05, 4.69) is 9.62 Å². The Balaban J connectivity index is 1.75. The van der Waals surface area contributed by atoms with E-state index in [0.717, 1.165) is 31.1 Å². The van der Waals surface area contributed by atoms with Crippen LogP contribution in [-0.2, 0) is 10.0 Å². The van der Waals surface area contributed by atoms with Crippen LogP contribution in [0.5, 0.6) is 5.75 Å². The molecule has 2 aromatic rings. The highest BCUT2D eigenvalue weighted by Gasteiger charge is 2.27. The Bertz CT molecular complexity index is 827. The fourth-order valence-electron chi connectivity index (χ4n) is 3.15. The lowest BCUT2D eigenvalue weighted by Gasteiger charge is -2.27. The highest BCUT2D eigenvalue weighted by atomic mass is 32.2. The number of hydrogen-bond acceptors (Lipinski definition) is 4.